The SMILES string of the molecule is O=C(O)CCCC(=O)NCc1ccc(C2OC(CSc3ncccc3C(=O)O)CC(c3ccc(CO)cc3)O2)cc1. The summed E-state index contributed by atoms with van der Waals surface area (Å²) >= 11 is 1.32. The number of nitrogens with one attached hydrogen (secondary N) is 1. The smallest absolute Gasteiger partial charge is 0.338 e. The summed E-state index contributed by atoms with van der Waals surface area (Å²) < 4.78 is 12.7. The minimum Gasteiger partial charge on any atom is -0.481 e. The van der Waals surface area contributed by atoms with E-state index in [2.05, 4.69) is 10.3 Å². The van der Waals surface area contributed by atoms with Crippen molar-refractivity contribution in [1.82, 2.24) is 10.3 Å². The Kier molecular flexibility index (Phi) is 10.9. The number of carboxylic acids is 2. The first-order valence-electron chi connectivity index (χ1n) is 13.2. The lowest BCUT2D eigenvalue weighted by Gasteiger charge is -2.36. The van der Waals surface area contributed by atoms with E-state index in [1.165, 1.54) is 17.8 Å². The van der Waals surface area contributed by atoms with Crippen LogP contribution < -0.4 is 5.32 Å². The van der Waals surface area contributed by atoms with Crippen molar-refractivity contribution in [2.45, 2.75) is 62.4 Å². The summed E-state index contributed by atoms with van der Waals surface area (Å²) in [6, 6.07) is 18.2. The van der Waals surface area contributed by atoms with Gasteiger partial charge in [-0.1, -0.05) is 48.5 Å². The van der Waals surface area contributed by atoms with Gasteiger partial charge in [-0.05, 0) is 35.2 Å². The Morgan fingerprint density at radius 1 is 0.927 bits per heavy atom. The molecule has 1 aromatic heterocycles. The van der Waals surface area contributed by atoms with Gasteiger partial charge in [0.1, 0.15) is 5.03 Å². The molecule has 4 N–H and O–H groups in total. The Hall–Kier alpha value is -3.77. The van der Waals surface area contributed by atoms with Gasteiger partial charge < -0.3 is 30.1 Å². The Bertz CT molecular complexity index is 1330. The average Bonchev–Trinajstić information content (AvgIpc) is 2.99. The first-order chi connectivity index (χ1) is 19.8. The van der Waals surface area contributed by atoms with E-state index in [1.807, 2.05) is 48.5 Å². The van der Waals surface area contributed by atoms with E-state index < -0.39 is 18.2 Å². The minimum atomic E-state index is -1.04. The minimum absolute atomic E-state index is 0.0435. The van der Waals surface area contributed by atoms with Gasteiger partial charge in [0.05, 0.1) is 24.4 Å². The molecule has 216 valence electrons. The molecule has 0 spiro atoms. The molecular formula is C30H32N2O8S. The molecule has 1 aliphatic heterocycles. The zero-order valence-electron chi connectivity index (χ0n) is 22.3. The molecule has 1 fully saturated rings. The number of aliphatic hydroxyl groups is 1. The van der Waals surface area contributed by atoms with Crippen molar-refractivity contribution in [2.24, 2.45) is 0 Å². The van der Waals surface area contributed by atoms with Gasteiger partial charge in [-0.15, -0.1) is 11.8 Å². The number of hydrogen-bond donors (Lipinski definition) is 4. The van der Waals surface area contributed by atoms with Crippen LogP contribution in [0.1, 0.15) is 70.7 Å². The molecule has 1 saturated heterocycles. The van der Waals surface area contributed by atoms with E-state index in [9.17, 15) is 24.6 Å². The largest absolute Gasteiger partial charge is 0.481 e. The van der Waals surface area contributed by atoms with Crippen molar-refractivity contribution in [3.63, 3.8) is 0 Å². The molecule has 3 aromatic rings. The zero-order chi connectivity index (χ0) is 29.2. The lowest BCUT2D eigenvalue weighted by atomic mass is 10.0. The third-order valence-corrected chi connectivity index (χ3v) is 7.70. The highest BCUT2D eigenvalue weighted by molar-refractivity contribution is 7.99. The summed E-state index contributed by atoms with van der Waals surface area (Å²) in [7, 11) is 0. The average molecular weight is 581 g/mol. The standard InChI is InChI=1S/C30H32N2O8S/c33-17-20-8-10-21(11-9-20)25-15-23(18-41-28-24(29(37)38)3-2-14-31-28)39-30(40-25)22-12-6-19(7-13-22)16-32-26(34)4-1-5-27(35)36/h2-3,6-14,23,25,30,33H,1,4-5,15-18H2,(H,32,34)(H,35,36)(H,37,38). The molecule has 41 heavy (non-hydrogen) atoms. The van der Waals surface area contributed by atoms with Crippen molar-refractivity contribution < 1.29 is 39.2 Å². The fourth-order valence-electron chi connectivity index (χ4n) is 4.35. The summed E-state index contributed by atoms with van der Waals surface area (Å²) in [4.78, 5) is 38.5. The van der Waals surface area contributed by atoms with Gasteiger partial charge >= 0.3 is 11.9 Å². The van der Waals surface area contributed by atoms with E-state index in [0.29, 0.717) is 23.7 Å². The van der Waals surface area contributed by atoms with E-state index in [0.717, 1.165) is 22.3 Å². The third kappa shape index (κ3) is 8.86. The molecular weight excluding hydrogens is 548 g/mol. The van der Waals surface area contributed by atoms with E-state index >= 15 is 0 Å². The van der Waals surface area contributed by atoms with Crippen molar-refractivity contribution in [3.05, 3.63) is 94.7 Å². The van der Waals surface area contributed by atoms with Crippen LogP contribution in [0.15, 0.2) is 71.9 Å². The molecule has 3 atom stereocenters. The number of carboxylic acid groups (broad SMARTS) is 2. The number of thioether (sulfide) groups is 1. The van der Waals surface area contributed by atoms with Crippen LogP contribution in [-0.4, -0.2) is 50.0 Å². The quantitative estimate of drug-likeness (QED) is 0.213. The number of benzene rings is 2. The maximum Gasteiger partial charge on any atom is 0.338 e. The number of carbonyl (C=O) groups is 3. The Balaban J connectivity index is 1.44. The number of aromatic nitrogens is 1. The van der Waals surface area contributed by atoms with Gasteiger partial charge in [-0.2, -0.15) is 0 Å². The van der Waals surface area contributed by atoms with Crippen LogP contribution in [-0.2, 0) is 32.2 Å². The van der Waals surface area contributed by atoms with Crippen LogP contribution in [0.5, 0.6) is 0 Å². The number of pyridine rings is 1. The second kappa shape index (κ2) is 14.7. The monoisotopic (exact) mass is 580 g/mol. The third-order valence-electron chi connectivity index (χ3n) is 6.56. The predicted molar refractivity (Wildman–Crippen MR) is 150 cm³/mol. The highest BCUT2D eigenvalue weighted by Gasteiger charge is 2.32. The van der Waals surface area contributed by atoms with Gasteiger partial charge in [0.25, 0.3) is 0 Å². The molecule has 10 nitrogen and oxygen atoms in total. The van der Waals surface area contributed by atoms with Gasteiger partial charge in [-0.25, -0.2) is 9.78 Å². The summed E-state index contributed by atoms with van der Waals surface area (Å²) in [5.41, 5.74) is 3.54. The van der Waals surface area contributed by atoms with Crippen LogP contribution >= 0.6 is 11.8 Å². The highest BCUT2D eigenvalue weighted by Crippen LogP contribution is 2.39. The van der Waals surface area contributed by atoms with Crippen molar-refractivity contribution in [2.75, 3.05) is 5.75 Å². The van der Waals surface area contributed by atoms with Crippen LogP contribution in [0.2, 0.25) is 0 Å². The highest BCUT2D eigenvalue weighted by atomic mass is 32.2. The number of aliphatic carboxylic acids is 1. The van der Waals surface area contributed by atoms with Crippen LogP contribution in [0.25, 0.3) is 0 Å². The summed E-state index contributed by atoms with van der Waals surface area (Å²) in [6.45, 7) is 0.260. The number of amides is 1. The number of carbonyl (C=O) groups excluding carboxylic acids is 1. The molecule has 1 amide bonds. The predicted octanol–water partition coefficient (Wildman–Crippen LogP) is 4.48. The second-order valence-corrected chi connectivity index (χ2v) is 10.6. The fourth-order valence-corrected chi connectivity index (χ4v) is 5.35. The van der Waals surface area contributed by atoms with Crippen LogP contribution in [0, 0.1) is 0 Å². The first kappa shape index (κ1) is 30.2. The zero-order valence-corrected chi connectivity index (χ0v) is 23.1. The van der Waals surface area contributed by atoms with E-state index in [1.54, 1.807) is 12.3 Å². The summed E-state index contributed by atoms with van der Waals surface area (Å²) in [5, 5.41) is 30.9. The number of aliphatic hydroxyl groups excluding tert-OH is 1. The Morgan fingerprint density at radius 2 is 1.63 bits per heavy atom. The lowest BCUT2D eigenvalue weighted by Crippen LogP contribution is -2.31. The normalized spacial score (nSPS) is 18.5. The van der Waals surface area contributed by atoms with Crippen LogP contribution in [0.3, 0.4) is 0 Å². The molecule has 2 heterocycles. The number of hydrogen-bond acceptors (Lipinski definition) is 8. The van der Waals surface area contributed by atoms with Crippen molar-refractivity contribution >= 4 is 29.6 Å². The second-order valence-electron chi connectivity index (χ2n) is 9.59. The Morgan fingerprint density at radius 3 is 2.32 bits per heavy atom. The lowest BCUT2D eigenvalue weighted by molar-refractivity contribution is -0.245. The molecule has 0 aliphatic carbocycles. The topological polar surface area (TPSA) is 155 Å². The molecule has 4 rings (SSSR count). The van der Waals surface area contributed by atoms with Crippen molar-refractivity contribution in [1.29, 1.82) is 0 Å². The molecule has 0 bridgehead atoms. The molecule has 0 radical (unpaired) electrons. The molecule has 2 aromatic carbocycles. The molecule has 3 unspecified atom stereocenters. The maximum absolute atomic E-state index is 12.0. The summed E-state index contributed by atoms with van der Waals surface area (Å²) in [5.74, 6) is -1.70. The van der Waals surface area contributed by atoms with Crippen molar-refractivity contribution in [3.8, 4) is 0 Å². The van der Waals surface area contributed by atoms with Gasteiger partial charge in [0, 0.05) is 43.3 Å². The maximum atomic E-state index is 12.0. The molecule has 1 aliphatic rings. The van der Waals surface area contributed by atoms with E-state index in [4.69, 9.17) is 14.6 Å². The van der Waals surface area contributed by atoms with Gasteiger partial charge in [0.15, 0.2) is 6.29 Å². The van der Waals surface area contributed by atoms with Crippen LogP contribution in [0.4, 0.5) is 0 Å². The Labute approximate surface area is 241 Å². The molecule has 0 saturated carbocycles. The number of rotatable bonds is 13. The fraction of sp³-hybridized carbons (Fsp3) is 0.333. The van der Waals surface area contributed by atoms with E-state index in [-0.39, 0.29) is 49.5 Å². The number of ether oxygens (including phenoxy) is 2. The first-order valence-corrected chi connectivity index (χ1v) is 14.2. The molecule has 11 heteroatoms. The van der Waals surface area contributed by atoms with Gasteiger partial charge in [0.2, 0.25) is 5.91 Å². The summed E-state index contributed by atoms with van der Waals surface area (Å²) in [6.07, 6.45) is 1.27. The van der Waals surface area contributed by atoms with Gasteiger partial charge in [-0.3, -0.25) is 9.59 Å². The number of aromatic carboxylic acids is 1. The number of nitrogens with zero attached hydrogens (tertiary/aromatic N) is 1.